The SMILES string of the molecule is COc1c(C(=O)O)cc(OC)c2c(OC)c3ccccc3cc12. The number of aromatic carboxylic acids is 1. The Kier molecular flexibility index (Phi) is 3.70. The summed E-state index contributed by atoms with van der Waals surface area (Å²) in [6, 6.07) is 11.1. The molecular formula is C18H16O5. The van der Waals surface area contributed by atoms with Gasteiger partial charge in [-0.25, -0.2) is 4.79 Å². The van der Waals surface area contributed by atoms with Gasteiger partial charge in [0.15, 0.2) is 0 Å². The van der Waals surface area contributed by atoms with Crippen LogP contribution in [0.5, 0.6) is 17.2 Å². The van der Waals surface area contributed by atoms with E-state index in [9.17, 15) is 9.90 Å². The minimum Gasteiger partial charge on any atom is -0.496 e. The Bertz CT molecular complexity index is 914. The van der Waals surface area contributed by atoms with Crippen LogP contribution < -0.4 is 14.2 Å². The number of benzene rings is 3. The predicted molar refractivity (Wildman–Crippen MR) is 88.1 cm³/mol. The highest BCUT2D eigenvalue weighted by atomic mass is 16.5. The Morgan fingerprint density at radius 1 is 0.913 bits per heavy atom. The molecule has 5 heteroatoms. The number of rotatable bonds is 4. The summed E-state index contributed by atoms with van der Waals surface area (Å²) in [5.74, 6) is 0.275. The Morgan fingerprint density at radius 2 is 1.61 bits per heavy atom. The Labute approximate surface area is 133 Å². The third kappa shape index (κ3) is 2.21. The molecule has 3 aromatic rings. The molecule has 0 heterocycles. The summed E-state index contributed by atoms with van der Waals surface area (Å²) in [4.78, 5) is 11.5. The summed E-state index contributed by atoms with van der Waals surface area (Å²) < 4.78 is 16.4. The molecule has 0 unspecified atom stereocenters. The van der Waals surface area contributed by atoms with Crippen LogP contribution in [0.3, 0.4) is 0 Å². The quantitative estimate of drug-likeness (QED) is 0.744. The number of methoxy groups -OCH3 is 3. The highest BCUT2D eigenvalue weighted by molar-refractivity contribution is 6.13. The largest absolute Gasteiger partial charge is 0.496 e. The van der Waals surface area contributed by atoms with Crippen molar-refractivity contribution in [3.05, 3.63) is 42.0 Å². The maximum atomic E-state index is 11.5. The van der Waals surface area contributed by atoms with E-state index in [4.69, 9.17) is 14.2 Å². The van der Waals surface area contributed by atoms with Crippen molar-refractivity contribution in [3.8, 4) is 17.2 Å². The van der Waals surface area contributed by atoms with Gasteiger partial charge in [-0.15, -0.1) is 0 Å². The number of ether oxygens (including phenoxy) is 3. The number of fused-ring (bicyclic) bond motifs is 2. The van der Waals surface area contributed by atoms with Crippen LogP contribution in [0, 0.1) is 0 Å². The van der Waals surface area contributed by atoms with Crippen LogP contribution >= 0.6 is 0 Å². The average Bonchev–Trinajstić information content (AvgIpc) is 2.57. The van der Waals surface area contributed by atoms with Gasteiger partial charge in [0.25, 0.3) is 0 Å². The van der Waals surface area contributed by atoms with Gasteiger partial charge in [-0.2, -0.15) is 0 Å². The smallest absolute Gasteiger partial charge is 0.339 e. The molecule has 0 fully saturated rings. The highest BCUT2D eigenvalue weighted by Gasteiger charge is 2.22. The van der Waals surface area contributed by atoms with Gasteiger partial charge in [0, 0.05) is 10.8 Å². The normalized spacial score (nSPS) is 10.7. The maximum absolute atomic E-state index is 11.5. The second kappa shape index (κ2) is 5.68. The molecule has 3 rings (SSSR count). The molecule has 0 radical (unpaired) electrons. The Balaban J connectivity index is 2.60. The van der Waals surface area contributed by atoms with Gasteiger partial charge in [-0.05, 0) is 17.5 Å². The number of hydrogen-bond donors (Lipinski definition) is 1. The van der Waals surface area contributed by atoms with Gasteiger partial charge in [-0.1, -0.05) is 24.3 Å². The average molecular weight is 312 g/mol. The highest BCUT2D eigenvalue weighted by Crippen LogP contribution is 2.45. The molecule has 0 amide bonds. The predicted octanol–water partition coefficient (Wildman–Crippen LogP) is 3.72. The van der Waals surface area contributed by atoms with Crippen molar-refractivity contribution >= 4 is 27.5 Å². The van der Waals surface area contributed by atoms with Crippen molar-refractivity contribution in [3.63, 3.8) is 0 Å². The van der Waals surface area contributed by atoms with Crippen molar-refractivity contribution < 1.29 is 24.1 Å². The van der Waals surface area contributed by atoms with Crippen LogP contribution in [0.2, 0.25) is 0 Å². The molecule has 3 aromatic carbocycles. The van der Waals surface area contributed by atoms with Gasteiger partial charge in [0.05, 0.1) is 26.7 Å². The summed E-state index contributed by atoms with van der Waals surface area (Å²) in [6.07, 6.45) is 0. The zero-order chi connectivity index (χ0) is 16.6. The first-order valence-electron chi connectivity index (χ1n) is 7.00. The van der Waals surface area contributed by atoms with E-state index in [1.807, 2.05) is 30.3 Å². The topological polar surface area (TPSA) is 65.0 Å². The summed E-state index contributed by atoms with van der Waals surface area (Å²) in [6.45, 7) is 0. The van der Waals surface area contributed by atoms with E-state index in [0.29, 0.717) is 22.3 Å². The molecule has 0 saturated heterocycles. The fourth-order valence-electron chi connectivity index (χ4n) is 2.90. The fourth-order valence-corrected chi connectivity index (χ4v) is 2.90. The fraction of sp³-hybridized carbons (Fsp3) is 0.167. The van der Waals surface area contributed by atoms with Gasteiger partial charge in [-0.3, -0.25) is 0 Å². The summed E-state index contributed by atoms with van der Waals surface area (Å²) in [5.41, 5.74) is 0.0502. The number of hydrogen-bond acceptors (Lipinski definition) is 4. The van der Waals surface area contributed by atoms with Crippen LogP contribution in [-0.4, -0.2) is 32.4 Å². The van der Waals surface area contributed by atoms with Crippen LogP contribution in [0.1, 0.15) is 10.4 Å². The van der Waals surface area contributed by atoms with E-state index < -0.39 is 5.97 Å². The molecule has 0 aliphatic heterocycles. The summed E-state index contributed by atoms with van der Waals surface area (Å²) in [5, 5.41) is 12.6. The second-order valence-electron chi connectivity index (χ2n) is 5.02. The van der Waals surface area contributed by atoms with Crippen LogP contribution in [0.25, 0.3) is 21.5 Å². The second-order valence-corrected chi connectivity index (χ2v) is 5.02. The lowest BCUT2D eigenvalue weighted by molar-refractivity contribution is 0.0693. The van der Waals surface area contributed by atoms with E-state index in [2.05, 4.69) is 0 Å². The van der Waals surface area contributed by atoms with E-state index in [0.717, 1.165) is 10.8 Å². The van der Waals surface area contributed by atoms with Gasteiger partial charge in [0.1, 0.15) is 22.8 Å². The lowest BCUT2D eigenvalue weighted by Gasteiger charge is -2.17. The zero-order valence-corrected chi connectivity index (χ0v) is 13.0. The minimum absolute atomic E-state index is 0.0502. The number of carbonyl (C=O) groups is 1. The van der Waals surface area contributed by atoms with Crippen LogP contribution in [0.15, 0.2) is 36.4 Å². The lowest BCUT2D eigenvalue weighted by atomic mass is 9.98. The molecule has 0 aromatic heterocycles. The first-order valence-corrected chi connectivity index (χ1v) is 7.00. The molecule has 1 N–H and O–H groups in total. The van der Waals surface area contributed by atoms with E-state index >= 15 is 0 Å². The number of carboxylic acid groups (broad SMARTS) is 1. The van der Waals surface area contributed by atoms with E-state index in [1.165, 1.54) is 20.3 Å². The van der Waals surface area contributed by atoms with Crippen molar-refractivity contribution in [1.82, 2.24) is 0 Å². The number of carboxylic acids is 1. The Morgan fingerprint density at radius 3 is 2.22 bits per heavy atom. The van der Waals surface area contributed by atoms with Crippen molar-refractivity contribution in [2.75, 3.05) is 21.3 Å². The minimum atomic E-state index is -1.07. The molecule has 0 spiro atoms. The molecule has 0 aliphatic rings. The first kappa shape index (κ1) is 15.0. The molecular weight excluding hydrogens is 296 g/mol. The standard InChI is InChI=1S/C18H16O5/c1-21-14-9-13(18(19)20)16(22-2)12-8-10-6-4-5-7-11(10)17(23-3)15(12)14/h4-9H,1-3H3,(H,19,20). The van der Waals surface area contributed by atoms with Crippen molar-refractivity contribution in [2.45, 2.75) is 0 Å². The molecule has 0 aliphatic carbocycles. The molecule has 0 atom stereocenters. The maximum Gasteiger partial charge on any atom is 0.339 e. The van der Waals surface area contributed by atoms with Gasteiger partial charge in [0.2, 0.25) is 0 Å². The third-order valence-electron chi connectivity index (χ3n) is 3.87. The van der Waals surface area contributed by atoms with Gasteiger partial charge >= 0.3 is 5.97 Å². The molecule has 0 saturated carbocycles. The van der Waals surface area contributed by atoms with Crippen molar-refractivity contribution in [1.29, 1.82) is 0 Å². The van der Waals surface area contributed by atoms with Crippen LogP contribution in [0.4, 0.5) is 0 Å². The monoisotopic (exact) mass is 312 g/mol. The summed E-state index contributed by atoms with van der Waals surface area (Å²) in [7, 11) is 4.54. The molecule has 118 valence electrons. The Hall–Kier alpha value is -2.95. The molecule has 0 bridgehead atoms. The lowest BCUT2D eigenvalue weighted by Crippen LogP contribution is -2.03. The van der Waals surface area contributed by atoms with Crippen molar-refractivity contribution in [2.24, 2.45) is 0 Å². The summed E-state index contributed by atoms with van der Waals surface area (Å²) >= 11 is 0. The van der Waals surface area contributed by atoms with E-state index in [1.54, 1.807) is 7.11 Å². The third-order valence-corrected chi connectivity index (χ3v) is 3.87. The zero-order valence-electron chi connectivity index (χ0n) is 13.0. The van der Waals surface area contributed by atoms with E-state index in [-0.39, 0.29) is 11.3 Å². The molecule has 23 heavy (non-hydrogen) atoms. The van der Waals surface area contributed by atoms with Gasteiger partial charge < -0.3 is 19.3 Å². The molecule has 5 nitrogen and oxygen atoms in total. The first-order chi connectivity index (χ1) is 11.1. The van der Waals surface area contributed by atoms with Crippen LogP contribution in [-0.2, 0) is 0 Å².